The summed E-state index contributed by atoms with van der Waals surface area (Å²) in [5.74, 6) is 0. The number of fused-ring (bicyclic) bond motifs is 1. The van der Waals surface area contributed by atoms with Gasteiger partial charge in [0, 0.05) is 18.0 Å². The normalized spacial score (nSPS) is 20.5. The van der Waals surface area contributed by atoms with Gasteiger partial charge in [-0.2, -0.15) is 4.37 Å². The number of nitrogens with zero attached hydrogens (tertiary/aromatic N) is 2. The standard InChI is InChI=1S/C14H19N3S/c15-9-8-11-5-3-4-10-17(11)14-12-6-1-2-7-13(12)16-18-14/h1-2,6-7,11H,3-5,8-10,15H2. The SMILES string of the molecule is NCCC1CCCCN1c1snc2ccccc12. The summed E-state index contributed by atoms with van der Waals surface area (Å²) in [6.07, 6.45) is 4.97. The Morgan fingerprint density at radius 3 is 3.11 bits per heavy atom. The maximum absolute atomic E-state index is 5.75. The van der Waals surface area contributed by atoms with Gasteiger partial charge in [-0.05, 0) is 55.9 Å². The highest BCUT2D eigenvalue weighted by Gasteiger charge is 2.24. The van der Waals surface area contributed by atoms with Gasteiger partial charge >= 0.3 is 0 Å². The molecular formula is C14H19N3S. The summed E-state index contributed by atoms with van der Waals surface area (Å²) in [6, 6.07) is 9.04. The number of hydrogen-bond donors (Lipinski definition) is 1. The third kappa shape index (κ3) is 2.10. The number of rotatable bonds is 3. The highest BCUT2D eigenvalue weighted by Crippen LogP contribution is 2.35. The molecule has 0 amide bonds. The van der Waals surface area contributed by atoms with Crippen molar-refractivity contribution in [3.05, 3.63) is 24.3 Å². The number of nitrogens with two attached hydrogens (primary N) is 1. The van der Waals surface area contributed by atoms with E-state index >= 15 is 0 Å². The summed E-state index contributed by atoms with van der Waals surface area (Å²) in [4.78, 5) is 2.54. The van der Waals surface area contributed by atoms with Gasteiger partial charge in [-0.25, -0.2) is 0 Å². The first-order valence-corrected chi connectivity index (χ1v) is 7.48. The molecule has 18 heavy (non-hydrogen) atoms. The molecule has 96 valence electrons. The van der Waals surface area contributed by atoms with E-state index in [-0.39, 0.29) is 0 Å². The Bertz CT molecular complexity index is 520. The summed E-state index contributed by atoms with van der Waals surface area (Å²) >= 11 is 1.63. The molecule has 2 N–H and O–H groups in total. The molecule has 0 spiro atoms. The largest absolute Gasteiger partial charge is 0.359 e. The molecule has 1 fully saturated rings. The molecule has 1 atom stereocenters. The third-order valence-corrected chi connectivity index (χ3v) is 4.67. The van der Waals surface area contributed by atoms with E-state index in [1.807, 2.05) is 0 Å². The second-order valence-electron chi connectivity index (χ2n) is 4.93. The van der Waals surface area contributed by atoms with Crippen LogP contribution in [0.3, 0.4) is 0 Å². The molecule has 0 radical (unpaired) electrons. The zero-order chi connectivity index (χ0) is 12.4. The fourth-order valence-corrected chi connectivity index (χ4v) is 3.80. The second-order valence-corrected chi connectivity index (χ2v) is 5.68. The molecule has 3 nitrogen and oxygen atoms in total. The lowest BCUT2D eigenvalue weighted by Crippen LogP contribution is -2.40. The van der Waals surface area contributed by atoms with Crippen molar-refractivity contribution in [2.75, 3.05) is 18.0 Å². The molecule has 0 aliphatic carbocycles. The monoisotopic (exact) mass is 261 g/mol. The summed E-state index contributed by atoms with van der Waals surface area (Å²) < 4.78 is 4.56. The van der Waals surface area contributed by atoms with Crippen LogP contribution in [0.25, 0.3) is 10.9 Å². The quantitative estimate of drug-likeness (QED) is 0.923. The van der Waals surface area contributed by atoms with Gasteiger partial charge in [0.15, 0.2) is 0 Å². The molecule has 1 aliphatic heterocycles. The zero-order valence-electron chi connectivity index (χ0n) is 10.5. The van der Waals surface area contributed by atoms with Crippen LogP contribution in [0.5, 0.6) is 0 Å². The van der Waals surface area contributed by atoms with Crippen LogP contribution >= 0.6 is 11.5 Å². The van der Waals surface area contributed by atoms with Gasteiger partial charge in [0.25, 0.3) is 0 Å². The molecule has 2 heterocycles. The van der Waals surface area contributed by atoms with Crippen LogP contribution in [0.1, 0.15) is 25.7 Å². The van der Waals surface area contributed by atoms with Crippen LogP contribution in [0.4, 0.5) is 5.00 Å². The van der Waals surface area contributed by atoms with Gasteiger partial charge < -0.3 is 10.6 Å². The van der Waals surface area contributed by atoms with E-state index in [1.54, 1.807) is 11.5 Å². The van der Waals surface area contributed by atoms with Crippen LogP contribution in [0.15, 0.2) is 24.3 Å². The first-order valence-electron chi connectivity index (χ1n) is 6.71. The van der Waals surface area contributed by atoms with Gasteiger partial charge in [0.1, 0.15) is 5.00 Å². The van der Waals surface area contributed by atoms with Crippen molar-refractivity contribution in [3.63, 3.8) is 0 Å². The molecule has 1 aromatic carbocycles. The lowest BCUT2D eigenvalue weighted by molar-refractivity contribution is 0.444. The van der Waals surface area contributed by atoms with Crippen molar-refractivity contribution in [1.82, 2.24) is 4.37 Å². The van der Waals surface area contributed by atoms with Crippen molar-refractivity contribution in [1.29, 1.82) is 0 Å². The van der Waals surface area contributed by atoms with Gasteiger partial charge in [0.2, 0.25) is 0 Å². The Labute approximate surface area is 112 Å². The summed E-state index contributed by atoms with van der Waals surface area (Å²) in [7, 11) is 0. The predicted molar refractivity (Wildman–Crippen MR) is 78.3 cm³/mol. The molecule has 2 aromatic rings. The molecule has 1 aliphatic rings. The molecule has 0 bridgehead atoms. The minimum atomic E-state index is 0.604. The molecule has 0 saturated carbocycles. The maximum Gasteiger partial charge on any atom is 0.120 e. The van der Waals surface area contributed by atoms with Crippen molar-refractivity contribution < 1.29 is 0 Å². The van der Waals surface area contributed by atoms with E-state index in [9.17, 15) is 0 Å². The Morgan fingerprint density at radius 1 is 1.33 bits per heavy atom. The zero-order valence-corrected chi connectivity index (χ0v) is 11.3. The van der Waals surface area contributed by atoms with E-state index in [0.717, 1.165) is 25.0 Å². The first-order chi connectivity index (χ1) is 8.90. The third-order valence-electron chi connectivity index (χ3n) is 3.75. The molecule has 3 rings (SSSR count). The minimum absolute atomic E-state index is 0.604. The van der Waals surface area contributed by atoms with Gasteiger partial charge in [0.05, 0.1) is 5.52 Å². The van der Waals surface area contributed by atoms with Crippen LogP contribution < -0.4 is 10.6 Å². The lowest BCUT2D eigenvalue weighted by Gasteiger charge is -2.36. The van der Waals surface area contributed by atoms with Crippen LogP contribution in [-0.2, 0) is 0 Å². The maximum atomic E-state index is 5.75. The average Bonchev–Trinajstić information content (AvgIpc) is 2.84. The van der Waals surface area contributed by atoms with Crippen molar-refractivity contribution in [3.8, 4) is 0 Å². The smallest absolute Gasteiger partial charge is 0.120 e. The Kier molecular flexibility index (Phi) is 3.48. The highest BCUT2D eigenvalue weighted by molar-refractivity contribution is 7.11. The van der Waals surface area contributed by atoms with Crippen molar-refractivity contribution in [2.24, 2.45) is 5.73 Å². The average molecular weight is 261 g/mol. The molecule has 1 unspecified atom stereocenters. The molecule has 1 aromatic heterocycles. The van der Waals surface area contributed by atoms with E-state index in [1.165, 1.54) is 29.6 Å². The topological polar surface area (TPSA) is 42.1 Å². The van der Waals surface area contributed by atoms with Gasteiger partial charge in [-0.3, -0.25) is 0 Å². The molecule has 4 heteroatoms. The first kappa shape index (κ1) is 11.9. The Balaban J connectivity index is 1.96. The minimum Gasteiger partial charge on any atom is -0.359 e. The summed E-state index contributed by atoms with van der Waals surface area (Å²) in [6.45, 7) is 1.93. The van der Waals surface area contributed by atoms with Crippen LogP contribution in [0.2, 0.25) is 0 Å². The van der Waals surface area contributed by atoms with E-state index in [0.29, 0.717) is 6.04 Å². The summed E-state index contributed by atoms with van der Waals surface area (Å²) in [5, 5.41) is 2.63. The second kappa shape index (κ2) is 5.24. The van der Waals surface area contributed by atoms with E-state index in [4.69, 9.17) is 5.73 Å². The van der Waals surface area contributed by atoms with E-state index in [2.05, 4.69) is 33.5 Å². The van der Waals surface area contributed by atoms with Crippen molar-refractivity contribution >= 4 is 27.4 Å². The Morgan fingerprint density at radius 2 is 2.22 bits per heavy atom. The van der Waals surface area contributed by atoms with Gasteiger partial charge in [-0.15, -0.1) is 0 Å². The van der Waals surface area contributed by atoms with Crippen molar-refractivity contribution in [2.45, 2.75) is 31.7 Å². The van der Waals surface area contributed by atoms with E-state index < -0.39 is 0 Å². The Hall–Kier alpha value is -1.13. The van der Waals surface area contributed by atoms with Crippen LogP contribution in [0, 0.1) is 0 Å². The fourth-order valence-electron chi connectivity index (χ4n) is 2.84. The number of benzene rings is 1. The fraction of sp³-hybridized carbons (Fsp3) is 0.500. The number of anilines is 1. The lowest BCUT2D eigenvalue weighted by atomic mass is 9.99. The highest BCUT2D eigenvalue weighted by atomic mass is 32.1. The summed E-state index contributed by atoms with van der Waals surface area (Å²) in [5.41, 5.74) is 6.87. The molecule has 1 saturated heterocycles. The number of aromatic nitrogens is 1. The molecular weight excluding hydrogens is 242 g/mol. The van der Waals surface area contributed by atoms with Crippen LogP contribution in [-0.4, -0.2) is 23.5 Å². The van der Waals surface area contributed by atoms with Gasteiger partial charge in [-0.1, -0.05) is 12.1 Å². The number of piperidine rings is 1. The predicted octanol–water partition coefficient (Wildman–Crippen LogP) is 3.00. The number of hydrogen-bond acceptors (Lipinski definition) is 4.